The van der Waals surface area contributed by atoms with Crippen LogP contribution in [0.1, 0.15) is 32.6 Å². The Labute approximate surface area is 102 Å². The van der Waals surface area contributed by atoms with Gasteiger partial charge in [-0.25, -0.2) is 0 Å². The van der Waals surface area contributed by atoms with Gasteiger partial charge in [0.2, 0.25) is 0 Å². The molecule has 0 N–H and O–H groups in total. The number of hydrogen-bond acceptors (Lipinski definition) is 1. The second-order valence-corrected chi connectivity index (χ2v) is 4.18. The zero-order valence-corrected chi connectivity index (χ0v) is 11.7. The van der Waals surface area contributed by atoms with E-state index in [4.69, 9.17) is 11.6 Å². The van der Waals surface area contributed by atoms with Crippen LogP contribution in [0.3, 0.4) is 0 Å². The van der Waals surface area contributed by atoms with Gasteiger partial charge in [-0.1, -0.05) is 51.4 Å². The monoisotopic (exact) mass is 242 g/mol. The molecular formula is C13H19ClS. The molecule has 0 fully saturated rings. The zero-order chi connectivity index (χ0) is 11.8. The smallest absolute Gasteiger partial charge is 0.0584 e. The predicted octanol–water partition coefficient (Wildman–Crippen LogP) is 5.92. The molecule has 0 unspecified atom stereocenters. The third kappa shape index (κ3) is 3.84. The van der Waals surface area contributed by atoms with Crippen molar-refractivity contribution in [3.05, 3.63) is 34.2 Å². The lowest BCUT2D eigenvalue weighted by atomic mass is 10.2. The Kier molecular flexibility index (Phi) is 7.45. The third-order valence-corrected chi connectivity index (χ3v) is 3.15. The predicted molar refractivity (Wildman–Crippen MR) is 74.3 cm³/mol. The van der Waals surface area contributed by atoms with Crippen LogP contribution in [-0.2, 0) is 0 Å². The second-order valence-electron chi connectivity index (χ2n) is 2.52. The Hall–Kier alpha value is -0.530. The van der Waals surface area contributed by atoms with Crippen LogP contribution in [0, 0.1) is 6.92 Å². The first-order valence-corrected chi connectivity index (χ1v) is 6.61. The van der Waals surface area contributed by atoms with Gasteiger partial charge in [0.25, 0.3) is 0 Å². The van der Waals surface area contributed by atoms with E-state index in [-0.39, 0.29) is 0 Å². The summed E-state index contributed by atoms with van der Waals surface area (Å²) >= 11 is 7.73. The quantitative estimate of drug-likeness (QED) is 0.538. The van der Waals surface area contributed by atoms with Crippen LogP contribution in [0.5, 0.6) is 0 Å². The van der Waals surface area contributed by atoms with E-state index >= 15 is 0 Å². The highest BCUT2D eigenvalue weighted by atomic mass is 35.5. The topological polar surface area (TPSA) is 0 Å². The van der Waals surface area contributed by atoms with Gasteiger partial charge in [0.05, 0.1) is 9.72 Å². The molecule has 0 bridgehead atoms. The summed E-state index contributed by atoms with van der Waals surface area (Å²) < 4.78 is 1.20. The van der Waals surface area contributed by atoms with Crippen molar-refractivity contribution in [2.45, 2.75) is 34.6 Å². The maximum Gasteiger partial charge on any atom is 0.0584 e. The molecule has 0 atom stereocenters. The van der Waals surface area contributed by atoms with E-state index in [9.17, 15) is 0 Å². The van der Waals surface area contributed by atoms with Gasteiger partial charge in [0.15, 0.2) is 0 Å². The molecule has 0 nitrogen and oxygen atoms in total. The van der Waals surface area contributed by atoms with Gasteiger partial charge in [0, 0.05) is 4.88 Å². The van der Waals surface area contributed by atoms with Crippen LogP contribution < -0.4 is 0 Å². The summed E-state index contributed by atoms with van der Waals surface area (Å²) in [4.78, 5) is 1.31. The Balaban J connectivity index is 0.000000442. The van der Waals surface area contributed by atoms with Crippen LogP contribution in [-0.4, -0.2) is 0 Å². The van der Waals surface area contributed by atoms with E-state index < -0.39 is 0 Å². The van der Waals surface area contributed by atoms with Crippen molar-refractivity contribution >= 4 is 33.0 Å². The van der Waals surface area contributed by atoms with Crippen molar-refractivity contribution in [1.82, 2.24) is 0 Å². The van der Waals surface area contributed by atoms with Gasteiger partial charge in [-0.05, 0) is 24.4 Å². The maximum atomic E-state index is 5.98. The molecule has 0 aliphatic rings. The minimum Gasteiger partial charge on any atom is -0.139 e. The summed E-state index contributed by atoms with van der Waals surface area (Å²) in [5.74, 6) is 0. The zero-order valence-electron chi connectivity index (χ0n) is 10.1. The Morgan fingerprint density at radius 3 is 2.20 bits per heavy atom. The van der Waals surface area contributed by atoms with E-state index in [1.165, 1.54) is 15.0 Å². The maximum absolute atomic E-state index is 5.98. The van der Waals surface area contributed by atoms with Gasteiger partial charge in [-0.15, -0.1) is 11.3 Å². The second kappa shape index (κ2) is 7.72. The summed E-state index contributed by atoms with van der Waals surface area (Å²) in [5, 5.41) is 2.11. The summed E-state index contributed by atoms with van der Waals surface area (Å²) in [6.07, 6.45) is 0. The number of rotatable bonds is 0. The molecule has 0 amide bonds. The van der Waals surface area contributed by atoms with E-state index in [2.05, 4.69) is 19.1 Å². The molecule has 0 radical (unpaired) electrons. The normalized spacial score (nSPS) is 8.67. The van der Waals surface area contributed by atoms with Gasteiger partial charge >= 0.3 is 0 Å². The minimum atomic E-state index is 0.862. The lowest BCUT2D eigenvalue weighted by Crippen LogP contribution is -1.62. The SMILES string of the molecule is CC.CC.Cc1cc2cccc(Cl)c2s1. The molecule has 1 aromatic heterocycles. The van der Waals surface area contributed by atoms with E-state index in [1.54, 1.807) is 11.3 Å². The number of thiophene rings is 1. The average molecular weight is 243 g/mol. The van der Waals surface area contributed by atoms with Crippen LogP contribution in [0.4, 0.5) is 0 Å². The summed E-state index contributed by atoms with van der Waals surface area (Å²) in [7, 11) is 0. The molecule has 15 heavy (non-hydrogen) atoms. The summed E-state index contributed by atoms with van der Waals surface area (Å²) in [6, 6.07) is 8.16. The number of benzene rings is 1. The summed E-state index contributed by atoms with van der Waals surface area (Å²) in [5.41, 5.74) is 0. The molecule has 0 saturated carbocycles. The Morgan fingerprint density at radius 2 is 1.67 bits per heavy atom. The molecular weight excluding hydrogens is 224 g/mol. The number of aryl methyl sites for hydroxylation is 1. The Bertz CT molecular complexity index is 390. The highest BCUT2D eigenvalue weighted by Gasteiger charge is 2.00. The molecule has 2 rings (SSSR count). The summed E-state index contributed by atoms with van der Waals surface area (Å²) in [6.45, 7) is 10.1. The fraction of sp³-hybridized carbons (Fsp3) is 0.385. The highest BCUT2D eigenvalue weighted by molar-refractivity contribution is 7.19. The van der Waals surface area contributed by atoms with E-state index in [0.717, 1.165) is 5.02 Å². The molecule has 0 aliphatic heterocycles. The van der Waals surface area contributed by atoms with Crippen LogP contribution in [0.25, 0.3) is 10.1 Å². The van der Waals surface area contributed by atoms with Crippen molar-refractivity contribution in [3.63, 3.8) is 0 Å². The average Bonchev–Trinajstić information content (AvgIpc) is 2.66. The number of hydrogen-bond donors (Lipinski definition) is 0. The molecule has 2 heteroatoms. The fourth-order valence-corrected chi connectivity index (χ4v) is 2.37. The third-order valence-electron chi connectivity index (χ3n) is 1.62. The van der Waals surface area contributed by atoms with Crippen LogP contribution >= 0.6 is 22.9 Å². The van der Waals surface area contributed by atoms with Crippen LogP contribution in [0.15, 0.2) is 24.3 Å². The fourth-order valence-electron chi connectivity index (χ4n) is 1.16. The molecule has 1 heterocycles. The first-order chi connectivity index (χ1) is 7.27. The highest BCUT2D eigenvalue weighted by Crippen LogP contribution is 2.30. The number of fused-ring (bicyclic) bond motifs is 1. The molecule has 0 aliphatic carbocycles. The van der Waals surface area contributed by atoms with Gasteiger partial charge in [-0.3, -0.25) is 0 Å². The minimum absolute atomic E-state index is 0.862. The van der Waals surface area contributed by atoms with E-state index in [1.807, 2.05) is 39.8 Å². The van der Waals surface area contributed by atoms with Gasteiger partial charge in [0.1, 0.15) is 0 Å². The standard InChI is InChI=1S/C9H7ClS.2C2H6/c1-6-5-7-3-2-4-8(10)9(7)11-6;2*1-2/h2-5H,1H3;2*1-2H3. The van der Waals surface area contributed by atoms with Gasteiger partial charge < -0.3 is 0 Å². The van der Waals surface area contributed by atoms with Crippen molar-refractivity contribution in [3.8, 4) is 0 Å². The van der Waals surface area contributed by atoms with Crippen molar-refractivity contribution in [2.75, 3.05) is 0 Å². The molecule has 0 spiro atoms. The van der Waals surface area contributed by atoms with Gasteiger partial charge in [-0.2, -0.15) is 0 Å². The first-order valence-electron chi connectivity index (χ1n) is 5.42. The first kappa shape index (κ1) is 14.5. The molecule has 2 aromatic rings. The van der Waals surface area contributed by atoms with Crippen molar-refractivity contribution in [1.29, 1.82) is 0 Å². The van der Waals surface area contributed by atoms with Crippen LogP contribution in [0.2, 0.25) is 5.02 Å². The Morgan fingerprint density at radius 1 is 1.07 bits per heavy atom. The molecule has 84 valence electrons. The molecule has 1 aromatic carbocycles. The van der Waals surface area contributed by atoms with Crippen molar-refractivity contribution in [2.24, 2.45) is 0 Å². The molecule has 0 saturated heterocycles. The lowest BCUT2D eigenvalue weighted by Gasteiger charge is -1.89. The lowest BCUT2D eigenvalue weighted by molar-refractivity contribution is 1.50. The van der Waals surface area contributed by atoms with E-state index in [0.29, 0.717) is 0 Å². The largest absolute Gasteiger partial charge is 0.139 e. The van der Waals surface area contributed by atoms with Crippen molar-refractivity contribution < 1.29 is 0 Å². The number of halogens is 1.